The fourth-order valence-corrected chi connectivity index (χ4v) is 1.97. The number of unbranched alkanes of at least 4 members (excludes halogenated alkanes) is 2. The lowest BCUT2D eigenvalue weighted by atomic mass is 10.1. The number of halogens is 2. The van der Waals surface area contributed by atoms with Crippen LogP contribution in [0.5, 0.6) is 5.75 Å². The highest BCUT2D eigenvalue weighted by Crippen LogP contribution is 2.23. The second-order valence-corrected chi connectivity index (χ2v) is 4.95. The first-order valence-electron chi connectivity index (χ1n) is 5.86. The maximum absolute atomic E-state index is 12.0. The van der Waals surface area contributed by atoms with Gasteiger partial charge in [-0.3, -0.25) is 4.79 Å². The second-order valence-electron chi connectivity index (χ2n) is 4.14. The largest absolute Gasteiger partial charge is 0.507 e. The number of rotatable bonds is 6. The van der Waals surface area contributed by atoms with Crippen molar-refractivity contribution in [1.29, 1.82) is 0 Å². The van der Waals surface area contributed by atoms with Gasteiger partial charge >= 0.3 is 0 Å². The molecule has 1 aromatic rings. The SMILES string of the molecule is CN(CCCCCCl)C(=O)c1ccc(Cl)cc1O. The molecule has 0 fully saturated rings. The van der Waals surface area contributed by atoms with Crippen LogP contribution >= 0.6 is 23.2 Å². The minimum absolute atomic E-state index is 0.0832. The van der Waals surface area contributed by atoms with Crippen molar-refractivity contribution >= 4 is 29.1 Å². The average molecular weight is 290 g/mol. The highest BCUT2D eigenvalue weighted by molar-refractivity contribution is 6.30. The number of hydrogen-bond donors (Lipinski definition) is 1. The van der Waals surface area contributed by atoms with E-state index in [-0.39, 0.29) is 17.2 Å². The Morgan fingerprint density at radius 2 is 2.06 bits per heavy atom. The molecule has 1 aromatic carbocycles. The third-order valence-corrected chi connectivity index (χ3v) is 3.17. The molecule has 0 saturated heterocycles. The van der Waals surface area contributed by atoms with E-state index < -0.39 is 0 Å². The summed E-state index contributed by atoms with van der Waals surface area (Å²) < 4.78 is 0. The predicted molar refractivity (Wildman–Crippen MR) is 74.6 cm³/mol. The van der Waals surface area contributed by atoms with Gasteiger partial charge in [0.15, 0.2) is 0 Å². The summed E-state index contributed by atoms with van der Waals surface area (Å²) in [6.45, 7) is 0.651. The van der Waals surface area contributed by atoms with E-state index in [4.69, 9.17) is 23.2 Å². The molecule has 0 unspecified atom stereocenters. The van der Waals surface area contributed by atoms with Crippen molar-refractivity contribution in [1.82, 2.24) is 4.90 Å². The Labute approximate surface area is 117 Å². The first-order chi connectivity index (χ1) is 8.56. The molecule has 1 rings (SSSR count). The van der Waals surface area contributed by atoms with Gasteiger partial charge in [-0.1, -0.05) is 18.0 Å². The number of carbonyl (C=O) groups is 1. The van der Waals surface area contributed by atoms with Crippen LogP contribution in [0.15, 0.2) is 18.2 Å². The van der Waals surface area contributed by atoms with Crippen LogP contribution in [0.3, 0.4) is 0 Å². The molecule has 0 spiro atoms. The Balaban J connectivity index is 2.57. The van der Waals surface area contributed by atoms with Crippen molar-refractivity contribution in [3.8, 4) is 5.75 Å². The molecule has 1 N–H and O–H groups in total. The van der Waals surface area contributed by atoms with Gasteiger partial charge in [0.25, 0.3) is 5.91 Å². The van der Waals surface area contributed by atoms with Crippen molar-refractivity contribution in [2.75, 3.05) is 19.5 Å². The monoisotopic (exact) mass is 289 g/mol. The molecule has 18 heavy (non-hydrogen) atoms. The van der Waals surface area contributed by atoms with E-state index in [9.17, 15) is 9.90 Å². The normalized spacial score (nSPS) is 10.4. The highest BCUT2D eigenvalue weighted by atomic mass is 35.5. The lowest BCUT2D eigenvalue weighted by Crippen LogP contribution is -2.27. The Kier molecular flexibility index (Phi) is 6.30. The van der Waals surface area contributed by atoms with Crippen molar-refractivity contribution in [2.24, 2.45) is 0 Å². The summed E-state index contributed by atoms with van der Waals surface area (Å²) in [7, 11) is 1.72. The van der Waals surface area contributed by atoms with Gasteiger partial charge in [-0.05, 0) is 31.0 Å². The number of benzene rings is 1. The van der Waals surface area contributed by atoms with Gasteiger partial charge in [-0.25, -0.2) is 0 Å². The van der Waals surface area contributed by atoms with E-state index in [0.29, 0.717) is 17.4 Å². The number of phenols is 1. The molecule has 0 heterocycles. The lowest BCUT2D eigenvalue weighted by molar-refractivity contribution is 0.0790. The fraction of sp³-hybridized carbons (Fsp3) is 0.462. The maximum Gasteiger partial charge on any atom is 0.257 e. The molecule has 0 saturated carbocycles. The summed E-state index contributed by atoms with van der Waals surface area (Å²) in [6.07, 6.45) is 2.85. The molecule has 0 aliphatic heterocycles. The number of aromatic hydroxyl groups is 1. The first-order valence-corrected chi connectivity index (χ1v) is 6.77. The van der Waals surface area contributed by atoms with Crippen molar-refractivity contribution < 1.29 is 9.90 Å². The van der Waals surface area contributed by atoms with E-state index in [1.165, 1.54) is 12.1 Å². The zero-order valence-corrected chi connectivity index (χ0v) is 11.8. The average Bonchev–Trinajstić information content (AvgIpc) is 2.33. The molecule has 5 heteroatoms. The smallest absolute Gasteiger partial charge is 0.257 e. The molecular formula is C13H17Cl2NO2. The Morgan fingerprint density at radius 1 is 1.33 bits per heavy atom. The Morgan fingerprint density at radius 3 is 2.67 bits per heavy atom. The van der Waals surface area contributed by atoms with Crippen LogP contribution in [0, 0.1) is 0 Å². The maximum atomic E-state index is 12.0. The van der Waals surface area contributed by atoms with Gasteiger partial charge < -0.3 is 10.0 Å². The number of hydrogen-bond acceptors (Lipinski definition) is 2. The van der Waals surface area contributed by atoms with Gasteiger partial charge in [-0.2, -0.15) is 0 Å². The fourth-order valence-electron chi connectivity index (χ4n) is 1.61. The standard InChI is InChI=1S/C13H17Cl2NO2/c1-16(8-4-2-3-7-14)13(18)11-6-5-10(15)9-12(11)17/h5-6,9,17H,2-4,7-8H2,1H3. The molecule has 3 nitrogen and oxygen atoms in total. The highest BCUT2D eigenvalue weighted by Gasteiger charge is 2.15. The number of alkyl halides is 1. The van der Waals surface area contributed by atoms with E-state index >= 15 is 0 Å². The molecule has 0 aliphatic carbocycles. The molecule has 0 aromatic heterocycles. The van der Waals surface area contributed by atoms with Gasteiger partial charge in [0.1, 0.15) is 5.75 Å². The third-order valence-electron chi connectivity index (χ3n) is 2.66. The number of carbonyl (C=O) groups excluding carboxylic acids is 1. The topological polar surface area (TPSA) is 40.5 Å². The second kappa shape index (κ2) is 7.49. The molecule has 0 bridgehead atoms. The summed E-state index contributed by atoms with van der Waals surface area (Å²) in [5.41, 5.74) is 0.277. The third kappa shape index (κ3) is 4.39. The first kappa shape index (κ1) is 15.1. The summed E-state index contributed by atoms with van der Waals surface area (Å²) in [5, 5.41) is 10.1. The van der Waals surface area contributed by atoms with Crippen molar-refractivity contribution in [2.45, 2.75) is 19.3 Å². The van der Waals surface area contributed by atoms with Crippen LogP contribution < -0.4 is 0 Å². The predicted octanol–water partition coefficient (Wildman–Crippen LogP) is 3.53. The molecule has 1 amide bonds. The molecule has 0 atom stereocenters. The van der Waals surface area contributed by atoms with Gasteiger partial charge in [-0.15, -0.1) is 11.6 Å². The number of nitrogens with zero attached hydrogens (tertiary/aromatic N) is 1. The van der Waals surface area contributed by atoms with Crippen LogP contribution in [0.4, 0.5) is 0 Å². The van der Waals surface area contributed by atoms with E-state index in [2.05, 4.69) is 0 Å². The van der Waals surface area contributed by atoms with Crippen LogP contribution in [-0.4, -0.2) is 35.4 Å². The summed E-state index contributed by atoms with van der Waals surface area (Å²) in [5.74, 6) is 0.366. The van der Waals surface area contributed by atoms with Crippen LogP contribution in [0.1, 0.15) is 29.6 Å². The molecule has 0 radical (unpaired) electrons. The van der Waals surface area contributed by atoms with Crippen LogP contribution in [0.2, 0.25) is 5.02 Å². The number of amides is 1. The zero-order chi connectivity index (χ0) is 13.5. The quantitative estimate of drug-likeness (QED) is 0.643. The van der Waals surface area contributed by atoms with Crippen LogP contribution in [-0.2, 0) is 0 Å². The lowest BCUT2D eigenvalue weighted by Gasteiger charge is -2.17. The minimum Gasteiger partial charge on any atom is -0.507 e. The van der Waals surface area contributed by atoms with Gasteiger partial charge in [0, 0.05) is 24.5 Å². The van der Waals surface area contributed by atoms with Crippen LogP contribution in [0.25, 0.3) is 0 Å². The Hall–Kier alpha value is -0.930. The number of phenolic OH excluding ortho intramolecular Hbond substituents is 1. The van der Waals surface area contributed by atoms with Gasteiger partial charge in [0.05, 0.1) is 5.56 Å². The van der Waals surface area contributed by atoms with Crippen molar-refractivity contribution in [3.63, 3.8) is 0 Å². The van der Waals surface area contributed by atoms with Crippen molar-refractivity contribution in [3.05, 3.63) is 28.8 Å². The van der Waals surface area contributed by atoms with Gasteiger partial charge in [0.2, 0.25) is 0 Å². The molecule has 0 aliphatic rings. The summed E-state index contributed by atoms with van der Waals surface area (Å²) >= 11 is 11.3. The zero-order valence-electron chi connectivity index (χ0n) is 10.3. The summed E-state index contributed by atoms with van der Waals surface area (Å²) in [6, 6.07) is 4.50. The molecule has 100 valence electrons. The van der Waals surface area contributed by atoms with E-state index in [1.54, 1.807) is 18.0 Å². The van der Waals surface area contributed by atoms with E-state index in [0.717, 1.165) is 19.3 Å². The van der Waals surface area contributed by atoms with E-state index in [1.807, 2.05) is 0 Å². The molecular weight excluding hydrogens is 273 g/mol. The minimum atomic E-state index is -0.199. The summed E-state index contributed by atoms with van der Waals surface area (Å²) in [4.78, 5) is 13.6. The Bertz CT molecular complexity index is 410.